The summed E-state index contributed by atoms with van der Waals surface area (Å²) in [6, 6.07) is 4.11. The monoisotopic (exact) mass is 513 g/mol. The van der Waals surface area contributed by atoms with E-state index in [-0.39, 0.29) is 30.3 Å². The van der Waals surface area contributed by atoms with Gasteiger partial charge >= 0.3 is 0 Å². The zero-order valence-corrected chi connectivity index (χ0v) is 20.7. The Morgan fingerprint density at radius 1 is 1.18 bits per heavy atom. The smallest absolute Gasteiger partial charge is 0.272 e. The standard InChI is InChI=1S/C22H26Cl2F2N6.CH5N/c1-28-18-9-20(31-6-4-16(5-7-31)32-12-22(25,26)13-32)17(23)8-14(18)11-29-19(10-27)21(24)30-15-2-3-15;1-2/h8-11,15-16H,1-7,12-13,27H2;2H2,1H3/b19-10+,29-11?,30-21?;. The van der Waals surface area contributed by atoms with Crippen molar-refractivity contribution in [3.63, 3.8) is 0 Å². The van der Waals surface area contributed by atoms with Crippen molar-refractivity contribution in [3.05, 3.63) is 34.6 Å². The van der Waals surface area contributed by atoms with Gasteiger partial charge in [0.2, 0.25) is 0 Å². The van der Waals surface area contributed by atoms with Crippen molar-refractivity contribution >= 4 is 52.7 Å². The van der Waals surface area contributed by atoms with Crippen LogP contribution < -0.4 is 16.4 Å². The van der Waals surface area contributed by atoms with Crippen LogP contribution in [0, 0.1) is 0 Å². The molecule has 7 nitrogen and oxygen atoms in total. The first-order valence-corrected chi connectivity index (χ1v) is 12.0. The first kappa shape index (κ1) is 26.5. The van der Waals surface area contributed by atoms with E-state index in [0.717, 1.165) is 44.5 Å². The van der Waals surface area contributed by atoms with Gasteiger partial charge in [0.15, 0.2) is 5.17 Å². The van der Waals surface area contributed by atoms with Gasteiger partial charge in [-0.2, -0.15) is 0 Å². The van der Waals surface area contributed by atoms with E-state index in [2.05, 4.69) is 32.3 Å². The Labute approximate surface area is 209 Å². The molecule has 0 amide bonds. The predicted octanol–water partition coefficient (Wildman–Crippen LogP) is 4.19. The Hall–Kier alpha value is -2.07. The first-order chi connectivity index (χ1) is 16.3. The van der Waals surface area contributed by atoms with Gasteiger partial charge in [0.05, 0.1) is 35.5 Å². The number of benzene rings is 1. The summed E-state index contributed by atoms with van der Waals surface area (Å²) in [6.07, 6.45) is 6.60. The molecule has 0 bridgehead atoms. The van der Waals surface area contributed by atoms with E-state index in [1.807, 2.05) is 11.0 Å². The Morgan fingerprint density at radius 2 is 1.82 bits per heavy atom. The van der Waals surface area contributed by atoms with Crippen LogP contribution in [0.4, 0.5) is 20.2 Å². The van der Waals surface area contributed by atoms with E-state index in [4.69, 9.17) is 28.9 Å². The van der Waals surface area contributed by atoms with Gasteiger partial charge in [0, 0.05) is 37.1 Å². The maximum absolute atomic E-state index is 13.2. The molecule has 0 aromatic heterocycles. The average molecular weight is 514 g/mol. The van der Waals surface area contributed by atoms with Gasteiger partial charge in [-0.25, -0.2) is 8.78 Å². The second-order valence-electron chi connectivity index (χ2n) is 8.46. The molecule has 0 spiro atoms. The predicted molar refractivity (Wildman–Crippen MR) is 139 cm³/mol. The van der Waals surface area contributed by atoms with Crippen molar-refractivity contribution in [2.45, 2.75) is 43.7 Å². The molecular weight excluding hydrogens is 483 g/mol. The molecule has 1 aliphatic carbocycles. The van der Waals surface area contributed by atoms with Crippen LogP contribution in [0.5, 0.6) is 0 Å². The lowest BCUT2D eigenvalue weighted by Crippen LogP contribution is -2.61. The molecule has 11 heteroatoms. The molecule has 1 saturated carbocycles. The zero-order chi connectivity index (χ0) is 24.9. The number of hydrogen-bond acceptors (Lipinski definition) is 7. The van der Waals surface area contributed by atoms with Crippen LogP contribution in [0.15, 0.2) is 39.0 Å². The molecule has 3 fully saturated rings. The number of likely N-dealkylation sites (tertiary alicyclic amines) is 1. The molecule has 4 rings (SSSR count). The molecular formula is C23H31Cl2F2N7. The second-order valence-corrected chi connectivity index (χ2v) is 9.23. The summed E-state index contributed by atoms with van der Waals surface area (Å²) < 4.78 is 26.4. The fourth-order valence-electron chi connectivity index (χ4n) is 4.06. The first-order valence-electron chi connectivity index (χ1n) is 11.2. The highest BCUT2D eigenvalue weighted by atomic mass is 35.5. The summed E-state index contributed by atoms with van der Waals surface area (Å²) in [4.78, 5) is 16.9. The quantitative estimate of drug-likeness (QED) is 0.534. The molecule has 0 radical (unpaired) electrons. The van der Waals surface area contributed by atoms with Crippen molar-refractivity contribution in [2.24, 2.45) is 26.4 Å². The van der Waals surface area contributed by atoms with Gasteiger partial charge in [-0.1, -0.05) is 23.2 Å². The number of nitrogens with two attached hydrogens (primary N) is 2. The second kappa shape index (κ2) is 11.6. The van der Waals surface area contributed by atoms with Crippen molar-refractivity contribution < 1.29 is 8.78 Å². The van der Waals surface area contributed by atoms with E-state index in [0.29, 0.717) is 22.0 Å². The van der Waals surface area contributed by atoms with E-state index < -0.39 is 5.92 Å². The average Bonchev–Trinajstić information content (AvgIpc) is 3.63. The third-order valence-corrected chi connectivity index (χ3v) is 6.61. The third-order valence-electron chi connectivity index (χ3n) is 6.01. The minimum Gasteiger partial charge on any atom is -0.403 e. The number of piperidine rings is 1. The summed E-state index contributed by atoms with van der Waals surface area (Å²) in [5.41, 5.74) is 12.7. The van der Waals surface area contributed by atoms with Gasteiger partial charge < -0.3 is 16.4 Å². The molecule has 3 aliphatic rings. The van der Waals surface area contributed by atoms with Crippen LogP contribution in [-0.4, -0.2) is 74.2 Å². The number of aliphatic imine (C=N–C) groups is 3. The van der Waals surface area contributed by atoms with Gasteiger partial charge in [0.1, 0.15) is 5.70 Å². The molecule has 2 heterocycles. The minimum absolute atomic E-state index is 0.133. The third kappa shape index (κ3) is 6.53. The molecule has 4 N–H and O–H groups in total. The lowest BCUT2D eigenvalue weighted by molar-refractivity contribution is -0.148. The molecule has 34 heavy (non-hydrogen) atoms. The lowest BCUT2D eigenvalue weighted by atomic mass is 9.97. The SMILES string of the molecule is C=Nc1cc(N2CCC(N3CC(F)(F)C3)CC2)c(Cl)cc1C=N/C(=C/N)C(Cl)=NC1CC1.CN. The van der Waals surface area contributed by atoms with Crippen LogP contribution in [0.3, 0.4) is 0 Å². The molecule has 2 saturated heterocycles. The van der Waals surface area contributed by atoms with Crippen molar-refractivity contribution in [2.75, 3.05) is 38.1 Å². The van der Waals surface area contributed by atoms with Crippen LogP contribution in [0.1, 0.15) is 31.2 Å². The summed E-state index contributed by atoms with van der Waals surface area (Å²) in [7, 11) is 1.50. The number of alkyl halides is 2. The highest BCUT2D eigenvalue weighted by molar-refractivity contribution is 6.69. The van der Waals surface area contributed by atoms with Crippen LogP contribution in [-0.2, 0) is 0 Å². The van der Waals surface area contributed by atoms with E-state index in [9.17, 15) is 8.78 Å². The van der Waals surface area contributed by atoms with E-state index in [1.54, 1.807) is 12.3 Å². The fraction of sp³-hybridized carbons (Fsp3) is 0.522. The number of anilines is 1. The maximum atomic E-state index is 13.2. The number of halogens is 4. The number of rotatable bonds is 7. The summed E-state index contributed by atoms with van der Waals surface area (Å²) in [6.45, 7) is 4.88. The summed E-state index contributed by atoms with van der Waals surface area (Å²) in [5.74, 6) is -2.53. The Morgan fingerprint density at radius 3 is 2.35 bits per heavy atom. The van der Waals surface area contributed by atoms with E-state index >= 15 is 0 Å². The summed E-state index contributed by atoms with van der Waals surface area (Å²) >= 11 is 12.8. The molecule has 1 aromatic carbocycles. The van der Waals surface area contributed by atoms with Gasteiger partial charge in [0.25, 0.3) is 5.92 Å². The Bertz CT molecular complexity index is 960. The molecule has 0 atom stereocenters. The molecule has 2 aliphatic heterocycles. The topological polar surface area (TPSA) is 95.6 Å². The van der Waals surface area contributed by atoms with Crippen LogP contribution in [0.25, 0.3) is 0 Å². The number of allylic oxidation sites excluding steroid dienone is 1. The highest BCUT2D eigenvalue weighted by Crippen LogP contribution is 2.37. The minimum atomic E-state index is -2.53. The normalized spacial score (nSPS) is 21.8. The van der Waals surface area contributed by atoms with Gasteiger partial charge in [-0.05, 0) is 51.6 Å². The lowest BCUT2D eigenvalue weighted by Gasteiger charge is -2.47. The molecule has 186 valence electrons. The molecule has 1 aromatic rings. The zero-order valence-electron chi connectivity index (χ0n) is 19.2. The number of hydrogen-bond donors (Lipinski definition) is 2. The van der Waals surface area contributed by atoms with Crippen LogP contribution in [0.2, 0.25) is 5.02 Å². The van der Waals surface area contributed by atoms with Crippen molar-refractivity contribution in [1.82, 2.24) is 4.90 Å². The number of nitrogens with zero attached hydrogens (tertiary/aromatic N) is 5. The van der Waals surface area contributed by atoms with Crippen molar-refractivity contribution in [3.8, 4) is 0 Å². The van der Waals surface area contributed by atoms with Crippen LogP contribution >= 0.6 is 23.2 Å². The Balaban J connectivity index is 0.00000158. The fourth-order valence-corrected chi connectivity index (χ4v) is 4.60. The van der Waals surface area contributed by atoms with E-state index in [1.165, 1.54) is 13.2 Å². The highest BCUT2D eigenvalue weighted by Gasteiger charge is 2.46. The Kier molecular flexibility index (Phi) is 9.03. The van der Waals surface area contributed by atoms with Crippen molar-refractivity contribution in [1.29, 1.82) is 0 Å². The maximum Gasteiger partial charge on any atom is 0.272 e. The van der Waals surface area contributed by atoms with Gasteiger partial charge in [-0.3, -0.25) is 19.9 Å². The molecule has 0 unspecified atom stereocenters. The van der Waals surface area contributed by atoms with Gasteiger partial charge in [-0.15, -0.1) is 0 Å². The summed E-state index contributed by atoms with van der Waals surface area (Å²) in [5, 5.41) is 0.841. The largest absolute Gasteiger partial charge is 0.403 e.